The highest BCUT2D eigenvalue weighted by Crippen LogP contribution is 2.44. The second-order valence-electron chi connectivity index (χ2n) is 5.13. The van der Waals surface area contributed by atoms with E-state index in [1.807, 2.05) is 0 Å². The highest BCUT2D eigenvalue weighted by atomic mass is 14.9. The first kappa shape index (κ1) is 10.5. The van der Waals surface area contributed by atoms with E-state index < -0.39 is 0 Å². The lowest BCUT2D eigenvalue weighted by Crippen LogP contribution is -2.42. The first-order chi connectivity index (χ1) is 5.70. The number of allylic oxidation sites excluding steroid dienone is 1. The Morgan fingerprint density at radius 1 is 0.923 bits per heavy atom. The van der Waals surface area contributed by atoms with E-state index in [1.54, 1.807) is 0 Å². The molecule has 0 spiro atoms. The minimum Gasteiger partial charge on any atom is -0.283 e. The number of hydrogen-bond acceptors (Lipinski definition) is 1. The molecule has 0 saturated carbocycles. The molecule has 1 aliphatic heterocycles. The predicted octanol–water partition coefficient (Wildman–Crippen LogP) is 3.60. The highest BCUT2D eigenvalue weighted by molar-refractivity contribution is 5.99. The van der Waals surface area contributed by atoms with Crippen molar-refractivity contribution in [1.82, 2.24) is 0 Å². The Balaban J connectivity index is 3.32. The van der Waals surface area contributed by atoms with Gasteiger partial charge in [-0.05, 0) is 40.2 Å². The maximum absolute atomic E-state index is 4.76. The zero-order chi connectivity index (χ0) is 10.4. The molecule has 1 heteroatoms. The van der Waals surface area contributed by atoms with Gasteiger partial charge in [0.1, 0.15) is 0 Å². The smallest absolute Gasteiger partial charge is 0.0643 e. The monoisotopic (exact) mass is 179 g/mol. The van der Waals surface area contributed by atoms with Crippen molar-refractivity contribution in [2.45, 2.75) is 54.0 Å². The molecule has 0 radical (unpaired) electrons. The minimum atomic E-state index is 0.0284. The summed E-state index contributed by atoms with van der Waals surface area (Å²) in [4.78, 5) is 4.76. The van der Waals surface area contributed by atoms with Crippen LogP contribution in [-0.4, -0.2) is 11.3 Å². The molecule has 0 unspecified atom stereocenters. The molecule has 1 rings (SSSR count). The number of hydrogen-bond donors (Lipinski definition) is 0. The first-order valence-electron chi connectivity index (χ1n) is 4.95. The van der Waals surface area contributed by atoms with Crippen LogP contribution in [0.5, 0.6) is 0 Å². The summed E-state index contributed by atoms with van der Waals surface area (Å²) >= 11 is 0. The van der Waals surface area contributed by atoms with Gasteiger partial charge in [-0.15, -0.1) is 0 Å². The Hall–Kier alpha value is -0.590. The summed E-state index contributed by atoms with van der Waals surface area (Å²) in [5, 5.41) is 0. The van der Waals surface area contributed by atoms with Crippen LogP contribution in [-0.2, 0) is 0 Å². The molecule has 0 amide bonds. The molecule has 0 aromatic carbocycles. The normalized spacial score (nSPS) is 25.9. The summed E-state index contributed by atoms with van der Waals surface area (Å²) < 4.78 is 0. The quantitative estimate of drug-likeness (QED) is 0.539. The molecule has 0 aromatic heterocycles. The van der Waals surface area contributed by atoms with Crippen molar-refractivity contribution in [2.24, 2.45) is 10.4 Å². The molecule has 0 aromatic rings. The van der Waals surface area contributed by atoms with Gasteiger partial charge in [-0.2, -0.15) is 0 Å². The standard InChI is InChI=1S/C12H21N/c1-8-9(2)11(4,5)12(6,7)13-10(8)3/h1-7H3. The van der Waals surface area contributed by atoms with E-state index in [-0.39, 0.29) is 11.0 Å². The lowest BCUT2D eigenvalue weighted by atomic mass is 9.66. The van der Waals surface area contributed by atoms with Crippen molar-refractivity contribution < 1.29 is 0 Å². The van der Waals surface area contributed by atoms with Gasteiger partial charge in [0.15, 0.2) is 0 Å². The van der Waals surface area contributed by atoms with E-state index in [9.17, 15) is 0 Å². The zero-order valence-electron chi connectivity index (χ0n) is 9.95. The fourth-order valence-electron chi connectivity index (χ4n) is 1.84. The van der Waals surface area contributed by atoms with Crippen molar-refractivity contribution in [3.8, 4) is 0 Å². The van der Waals surface area contributed by atoms with Crippen LogP contribution in [0.2, 0.25) is 0 Å². The second kappa shape index (κ2) is 2.70. The lowest BCUT2D eigenvalue weighted by Gasteiger charge is -2.44. The Kier molecular flexibility index (Phi) is 2.18. The molecule has 0 atom stereocenters. The van der Waals surface area contributed by atoms with Gasteiger partial charge in [-0.1, -0.05) is 19.4 Å². The number of dihydropyridines is 1. The van der Waals surface area contributed by atoms with Crippen molar-refractivity contribution in [3.05, 3.63) is 11.1 Å². The van der Waals surface area contributed by atoms with E-state index in [0.29, 0.717) is 0 Å². The van der Waals surface area contributed by atoms with Gasteiger partial charge in [-0.25, -0.2) is 0 Å². The molecule has 13 heavy (non-hydrogen) atoms. The van der Waals surface area contributed by atoms with Gasteiger partial charge in [-0.3, -0.25) is 4.99 Å². The van der Waals surface area contributed by atoms with Crippen LogP contribution < -0.4 is 0 Å². The topological polar surface area (TPSA) is 12.4 Å². The van der Waals surface area contributed by atoms with Gasteiger partial charge in [0, 0.05) is 11.1 Å². The van der Waals surface area contributed by atoms with Crippen LogP contribution in [0.25, 0.3) is 0 Å². The van der Waals surface area contributed by atoms with Crippen molar-refractivity contribution in [2.75, 3.05) is 0 Å². The maximum atomic E-state index is 4.76. The summed E-state index contributed by atoms with van der Waals surface area (Å²) in [5.74, 6) is 0. The summed E-state index contributed by atoms with van der Waals surface area (Å²) in [6.45, 7) is 15.5. The molecule has 0 fully saturated rings. The fraction of sp³-hybridized carbons (Fsp3) is 0.750. The van der Waals surface area contributed by atoms with E-state index in [2.05, 4.69) is 48.5 Å². The van der Waals surface area contributed by atoms with Crippen LogP contribution in [0.3, 0.4) is 0 Å². The molecular formula is C12H21N. The third-order valence-electron chi connectivity index (χ3n) is 4.02. The number of nitrogens with zero attached hydrogens (tertiary/aromatic N) is 1. The van der Waals surface area contributed by atoms with Crippen LogP contribution in [0.4, 0.5) is 0 Å². The number of rotatable bonds is 0. The summed E-state index contributed by atoms with van der Waals surface area (Å²) in [5.41, 5.74) is 4.24. The molecule has 74 valence electrons. The molecule has 0 bridgehead atoms. The van der Waals surface area contributed by atoms with Crippen molar-refractivity contribution in [1.29, 1.82) is 0 Å². The molecule has 1 nitrogen and oxygen atoms in total. The van der Waals surface area contributed by atoms with E-state index >= 15 is 0 Å². The van der Waals surface area contributed by atoms with Gasteiger partial charge < -0.3 is 0 Å². The van der Waals surface area contributed by atoms with Crippen LogP contribution in [0, 0.1) is 5.41 Å². The summed E-state index contributed by atoms with van der Waals surface area (Å²) in [7, 11) is 0. The van der Waals surface area contributed by atoms with Crippen molar-refractivity contribution >= 4 is 5.71 Å². The molecule has 0 saturated heterocycles. The van der Waals surface area contributed by atoms with Crippen LogP contribution >= 0.6 is 0 Å². The minimum absolute atomic E-state index is 0.0284. The van der Waals surface area contributed by atoms with Crippen LogP contribution in [0.15, 0.2) is 16.1 Å². The Labute approximate surface area is 82.0 Å². The van der Waals surface area contributed by atoms with Gasteiger partial charge >= 0.3 is 0 Å². The average Bonchev–Trinajstić information content (AvgIpc) is 1.98. The fourth-order valence-corrected chi connectivity index (χ4v) is 1.84. The number of aliphatic imine (C=N–C) groups is 1. The third kappa shape index (κ3) is 1.34. The first-order valence-corrected chi connectivity index (χ1v) is 4.95. The van der Waals surface area contributed by atoms with E-state index in [4.69, 9.17) is 4.99 Å². The van der Waals surface area contributed by atoms with Gasteiger partial charge in [0.2, 0.25) is 0 Å². The largest absolute Gasteiger partial charge is 0.283 e. The molecule has 0 aliphatic carbocycles. The summed E-state index contributed by atoms with van der Waals surface area (Å²) in [6, 6.07) is 0. The second-order valence-corrected chi connectivity index (χ2v) is 5.13. The molecule has 1 heterocycles. The van der Waals surface area contributed by atoms with Crippen LogP contribution in [0.1, 0.15) is 48.5 Å². The third-order valence-corrected chi connectivity index (χ3v) is 4.02. The van der Waals surface area contributed by atoms with Gasteiger partial charge in [0.05, 0.1) is 5.54 Å². The van der Waals surface area contributed by atoms with E-state index in [1.165, 1.54) is 16.9 Å². The van der Waals surface area contributed by atoms with Gasteiger partial charge in [0.25, 0.3) is 0 Å². The highest BCUT2D eigenvalue weighted by Gasteiger charge is 2.41. The van der Waals surface area contributed by atoms with Crippen molar-refractivity contribution in [3.63, 3.8) is 0 Å². The SMILES string of the molecule is CC1=NC(C)(C)C(C)(C)C(C)=C1C. The average molecular weight is 179 g/mol. The molecule has 0 N–H and O–H groups in total. The van der Waals surface area contributed by atoms with E-state index in [0.717, 1.165) is 0 Å². The zero-order valence-corrected chi connectivity index (χ0v) is 9.95. The maximum Gasteiger partial charge on any atom is 0.0643 e. The Morgan fingerprint density at radius 2 is 1.38 bits per heavy atom. The molecule has 1 aliphatic rings. The summed E-state index contributed by atoms with van der Waals surface area (Å²) in [6.07, 6.45) is 0. The Bertz CT molecular complexity index is 290. The lowest BCUT2D eigenvalue weighted by molar-refractivity contribution is 0.250. The Morgan fingerprint density at radius 3 is 1.85 bits per heavy atom. The predicted molar refractivity (Wildman–Crippen MR) is 59.3 cm³/mol. The molecular weight excluding hydrogens is 158 g/mol.